The molecule has 1 aliphatic rings. The Labute approximate surface area is 139 Å². The van der Waals surface area contributed by atoms with Gasteiger partial charge in [-0.1, -0.05) is 25.1 Å². The molecule has 1 aliphatic carbocycles. The van der Waals surface area contributed by atoms with Crippen molar-refractivity contribution in [3.05, 3.63) is 47.3 Å². The smallest absolute Gasteiger partial charge is 0.282 e. The lowest BCUT2D eigenvalue weighted by molar-refractivity contribution is 0.101. The van der Waals surface area contributed by atoms with Crippen molar-refractivity contribution in [3.8, 4) is 0 Å². The van der Waals surface area contributed by atoms with Crippen molar-refractivity contribution in [1.82, 2.24) is 9.78 Å². The van der Waals surface area contributed by atoms with Crippen LogP contribution in [-0.2, 0) is 7.05 Å². The second kappa shape index (κ2) is 6.71. The molecule has 1 atom stereocenters. The number of hydrogen-bond donors (Lipinski definition) is 1. The number of benzene rings is 1. The van der Waals surface area contributed by atoms with Gasteiger partial charge in [0.25, 0.3) is 12.3 Å². The Balaban J connectivity index is 1.87. The number of rotatable bonds is 6. The molecule has 1 amide bonds. The Morgan fingerprint density at radius 2 is 2.08 bits per heavy atom. The van der Waals surface area contributed by atoms with Gasteiger partial charge in [0.15, 0.2) is 0 Å². The molecular weight excluding hydrogens is 312 g/mol. The predicted molar refractivity (Wildman–Crippen MR) is 88.3 cm³/mol. The van der Waals surface area contributed by atoms with E-state index in [1.165, 1.54) is 30.8 Å². The van der Waals surface area contributed by atoms with Gasteiger partial charge in [0.05, 0.1) is 5.56 Å². The first-order valence-electron chi connectivity index (χ1n) is 8.23. The molecule has 24 heavy (non-hydrogen) atoms. The summed E-state index contributed by atoms with van der Waals surface area (Å²) in [6.07, 6.45) is 1.96. The minimum absolute atomic E-state index is 0.0817. The molecule has 0 saturated heterocycles. The van der Waals surface area contributed by atoms with Crippen molar-refractivity contribution in [2.75, 3.05) is 5.32 Å². The number of carbonyl (C=O) groups excluding carboxylic acids is 1. The molecule has 1 aromatic heterocycles. The van der Waals surface area contributed by atoms with Crippen molar-refractivity contribution < 1.29 is 13.6 Å². The topological polar surface area (TPSA) is 46.9 Å². The van der Waals surface area contributed by atoms with Crippen molar-refractivity contribution in [2.24, 2.45) is 13.0 Å². The molecule has 1 aromatic carbocycles. The monoisotopic (exact) mass is 333 g/mol. The van der Waals surface area contributed by atoms with Crippen molar-refractivity contribution in [2.45, 2.75) is 38.5 Å². The Bertz CT molecular complexity index is 738. The summed E-state index contributed by atoms with van der Waals surface area (Å²) in [5.41, 5.74) is 1.21. The van der Waals surface area contributed by atoms with Gasteiger partial charge in [0.1, 0.15) is 5.69 Å². The number of para-hydroxylation sites is 1. The molecule has 2 aromatic rings. The lowest BCUT2D eigenvalue weighted by atomic mass is 9.90. The van der Waals surface area contributed by atoms with Gasteiger partial charge in [0, 0.05) is 18.9 Å². The molecule has 1 saturated carbocycles. The van der Waals surface area contributed by atoms with E-state index in [4.69, 9.17) is 0 Å². The largest absolute Gasteiger partial charge is 0.322 e. The maximum Gasteiger partial charge on any atom is 0.282 e. The van der Waals surface area contributed by atoms with E-state index in [-0.39, 0.29) is 5.56 Å². The van der Waals surface area contributed by atoms with Crippen LogP contribution in [0.4, 0.5) is 14.5 Å². The molecule has 4 nitrogen and oxygen atoms in total. The van der Waals surface area contributed by atoms with Gasteiger partial charge in [-0.25, -0.2) is 8.78 Å². The number of aryl methyl sites for hydroxylation is 1. The second-order valence-corrected chi connectivity index (χ2v) is 6.30. The molecular formula is C18H21F2N3O. The summed E-state index contributed by atoms with van der Waals surface area (Å²) >= 11 is 0. The van der Waals surface area contributed by atoms with E-state index in [0.717, 1.165) is 12.0 Å². The zero-order valence-corrected chi connectivity index (χ0v) is 13.8. The van der Waals surface area contributed by atoms with Crippen molar-refractivity contribution in [3.63, 3.8) is 0 Å². The Morgan fingerprint density at radius 3 is 2.71 bits per heavy atom. The quantitative estimate of drug-likeness (QED) is 0.845. The van der Waals surface area contributed by atoms with Gasteiger partial charge >= 0.3 is 0 Å². The highest BCUT2D eigenvalue weighted by Crippen LogP contribution is 2.46. The zero-order chi connectivity index (χ0) is 17.3. The fourth-order valence-electron chi connectivity index (χ4n) is 3.27. The van der Waals surface area contributed by atoms with Crippen LogP contribution in [0, 0.1) is 5.92 Å². The fourth-order valence-corrected chi connectivity index (χ4v) is 3.27. The van der Waals surface area contributed by atoms with Crippen molar-refractivity contribution >= 4 is 11.6 Å². The summed E-state index contributed by atoms with van der Waals surface area (Å²) in [6, 6.07) is 7.64. The molecule has 0 radical (unpaired) electrons. The Kier molecular flexibility index (Phi) is 4.64. The second-order valence-electron chi connectivity index (χ2n) is 6.30. The molecule has 1 heterocycles. The number of anilines is 1. The summed E-state index contributed by atoms with van der Waals surface area (Å²) in [5.74, 6) is 0.504. The van der Waals surface area contributed by atoms with E-state index in [2.05, 4.69) is 17.3 Å². The number of aromatic nitrogens is 2. The van der Waals surface area contributed by atoms with Gasteiger partial charge in [-0.3, -0.25) is 9.48 Å². The molecule has 128 valence electrons. The number of alkyl halides is 2. The average Bonchev–Trinajstić information content (AvgIpc) is 3.30. The van der Waals surface area contributed by atoms with Crippen LogP contribution in [0.15, 0.2) is 30.5 Å². The first-order valence-corrected chi connectivity index (χ1v) is 8.23. The summed E-state index contributed by atoms with van der Waals surface area (Å²) in [4.78, 5) is 12.5. The van der Waals surface area contributed by atoms with Gasteiger partial charge in [-0.05, 0) is 42.7 Å². The number of carbonyl (C=O) groups is 1. The van der Waals surface area contributed by atoms with Crippen molar-refractivity contribution in [1.29, 1.82) is 0 Å². The predicted octanol–water partition coefficient (Wildman–Crippen LogP) is 4.51. The number of nitrogens with one attached hydrogen (secondary N) is 1. The van der Waals surface area contributed by atoms with Gasteiger partial charge in [-0.2, -0.15) is 5.10 Å². The van der Waals surface area contributed by atoms with E-state index in [9.17, 15) is 13.6 Å². The maximum atomic E-state index is 13.1. The number of nitrogens with zero attached hydrogens (tertiary/aromatic N) is 2. The standard InChI is InChI=1S/C18H21F2N3O/c1-3-12(11-8-9-11)13-6-4-5-7-15(13)21-18(24)14-10-23(2)22-16(14)17(19)20/h4-7,10-12,17H,3,8-9H2,1-2H3,(H,21,24). The Hall–Kier alpha value is -2.24. The number of hydrogen-bond acceptors (Lipinski definition) is 2. The van der Waals surface area contributed by atoms with E-state index in [1.54, 1.807) is 0 Å². The summed E-state index contributed by atoms with van der Waals surface area (Å²) in [7, 11) is 1.52. The number of halogens is 2. The average molecular weight is 333 g/mol. The van der Waals surface area contributed by atoms with E-state index < -0.39 is 18.0 Å². The van der Waals surface area contributed by atoms with Crippen LogP contribution in [0.1, 0.15) is 60.1 Å². The molecule has 3 rings (SSSR count). The molecule has 6 heteroatoms. The lowest BCUT2D eigenvalue weighted by Crippen LogP contribution is -2.16. The van der Waals surface area contributed by atoms with Crippen LogP contribution >= 0.6 is 0 Å². The fraction of sp³-hybridized carbons (Fsp3) is 0.444. The SMILES string of the molecule is CCC(c1ccccc1NC(=O)c1cn(C)nc1C(F)F)C1CC1. The zero-order valence-electron chi connectivity index (χ0n) is 13.8. The van der Waals surface area contributed by atoms with Crippen LogP contribution in [0.5, 0.6) is 0 Å². The minimum Gasteiger partial charge on any atom is -0.322 e. The molecule has 0 bridgehead atoms. The third kappa shape index (κ3) is 3.32. The third-order valence-electron chi connectivity index (χ3n) is 4.55. The van der Waals surface area contributed by atoms with Gasteiger partial charge < -0.3 is 5.32 Å². The van der Waals surface area contributed by atoms with Gasteiger partial charge in [0.2, 0.25) is 0 Å². The van der Waals surface area contributed by atoms with E-state index in [0.29, 0.717) is 17.5 Å². The van der Waals surface area contributed by atoms with E-state index in [1.807, 2.05) is 24.3 Å². The molecule has 0 aliphatic heterocycles. The molecule has 1 N–H and O–H groups in total. The maximum absolute atomic E-state index is 13.1. The first-order chi connectivity index (χ1) is 11.5. The molecule has 1 unspecified atom stereocenters. The Morgan fingerprint density at radius 1 is 1.38 bits per heavy atom. The summed E-state index contributed by atoms with van der Waals surface area (Å²) < 4.78 is 27.4. The lowest BCUT2D eigenvalue weighted by Gasteiger charge is -2.19. The normalized spacial score (nSPS) is 15.5. The first kappa shape index (κ1) is 16.6. The summed E-state index contributed by atoms with van der Waals surface area (Å²) in [5, 5.41) is 6.50. The third-order valence-corrected chi connectivity index (χ3v) is 4.55. The van der Waals surface area contributed by atoms with Crippen LogP contribution in [-0.4, -0.2) is 15.7 Å². The van der Waals surface area contributed by atoms with Crippen LogP contribution in [0.25, 0.3) is 0 Å². The highest BCUT2D eigenvalue weighted by molar-refractivity contribution is 6.05. The highest BCUT2D eigenvalue weighted by atomic mass is 19.3. The van der Waals surface area contributed by atoms with E-state index >= 15 is 0 Å². The number of amides is 1. The highest BCUT2D eigenvalue weighted by Gasteiger charge is 2.32. The summed E-state index contributed by atoms with van der Waals surface area (Å²) in [6.45, 7) is 2.14. The molecule has 0 spiro atoms. The molecule has 1 fully saturated rings. The van der Waals surface area contributed by atoms with Crippen LogP contribution < -0.4 is 5.32 Å². The van der Waals surface area contributed by atoms with Gasteiger partial charge in [-0.15, -0.1) is 0 Å². The minimum atomic E-state index is -2.78. The van der Waals surface area contributed by atoms with Crippen LogP contribution in [0.2, 0.25) is 0 Å². The van der Waals surface area contributed by atoms with Crippen LogP contribution in [0.3, 0.4) is 0 Å².